The number of nitrogens with zero attached hydrogens (tertiary/aromatic N) is 2. The second-order valence-corrected chi connectivity index (χ2v) is 3.38. The summed E-state index contributed by atoms with van der Waals surface area (Å²) in [5, 5.41) is 5.85. The van der Waals surface area contributed by atoms with E-state index in [0.717, 1.165) is 6.54 Å². The van der Waals surface area contributed by atoms with Crippen molar-refractivity contribution in [3.63, 3.8) is 0 Å². The fourth-order valence-corrected chi connectivity index (χ4v) is 1.39. The summed E-state index contributed by atoms with van der Waals surface area (Å²) in [6.45, 7) is 4.06. The number of likely N-dealkylation sites (N-methyl/N-ethyl adjacent to an activating group) is 1. The fraction of sp³-hybridized carbons (Fsp3) is 0.545. The van der Waals surface area contributed by atoms with Gasteiger partial charge in [-0.05, 0) is 6.54 Å². The Bertz CT molecular complexity index is 381. The minimum atomic E-state index is -0.317. The number of carbonyl (C=O) groups is 1. The molecule has 0 radical (unpaired) electrons. The van der Waals surface area contributed by atoms with Gasteiger partial charge in [-0.3, -0.25) is 4.79 Å². The molecule has 1 aromatic heterocycles. The molecule has 0 aliphatic carbocycles. The van der Waals surface area contributed by atoms with Crippen LogP contribution in [-0.4, -0.2) is 49.7 Å². The standard InChI is InChI=1S/C11H18N4O3.ClH/c1-4-12-5-6-13-9(16)8-10(17-2)14-7-15-11(8)18-3;/h7,12H,4-6H2,1-3H3,(H,13,16);1H. The molecule has 0 bridgehead atoms. The molecule has 19 heavy (non-hydrogen) atoms. The molecular weight excluding hydrogens is 272 g/mol. The van der Waals surface area contributed by atoms with Crippen LogP contribution in [0.4, 0.5) is 0 Å². The Morgan fingerprint density at radius 2 is 1.79 bits per heavy atom. The first-order chi connectivity index (χ1) is 8.74. The summed E-state index contributed by atoms with van der Waals surface area (Å²) in [6, 6.07) is 0. The van der Waals surface area contributed by atoms with Gasteiger partial charge in [0.15, 0.2) is 5.56 Å². The highest BCUT2D eigenvalue weighted by atomic mass is 35.5. The fourth-order valence-electron chi connectivity index (χ4n) is 1.39. The molecule has 0 aliphatic rings. The van der Waals surface area contributed by atoms with Gasteiger partial charge in [-0.1, -0.05) is 6.92 Å². The van der Waals surface area contributed by atoms with Gasteiger partial charge in [0.1, 0.15) is 6.33 Å². The number of nitrogens with one attached hydrogen (secondary N) is 2. The first-order valence-corrected chi connectivity index (χ1v) is 5.66. The third-order valence-electron chi connectivity index (χ3n) is 2.23. The number of hydrogen-bond donors (Lipinski definition) is 2. The van der Waals surface area contributed by atoms with E-state index in [9.17, 15) is 4.79 Å². The summed E-state index contributed by atoms with van der Waals surface area (Å²) in [5.41, 5.74) is 0.207. The predicted molar refractivity (Wildman–Crippen MR) is 73.3 cm³/mol. The molecule has 1 amide bonds. The van der Waals surface area contributed by atoms with Crippen molar-refractivity contribution in [2.75, 3.05) is 33.9 Å². The number of ether oxygens (including phenoxy) is 2. The van der Waals surface area contributed by atoms with Crippen molar-refractivity contribution < 1.29 is 14.3 Å². The van der Waals surface area contributed by atoms with E-state index in [1.807, 2.05) is 6.92 Å². The number of methoxy groups -OCH3 is 2. The van der Waals surface area contributed by atoms with E-state index < -0.39 is 0 Å². The molecule has 0 unspecified atom stereocenters. The van der Waals surface area contributed by atoms with Crippen LogP contribution in [0.5, 0.6) is 11.8 Å². The lowest BCUT2D eigenvalue weighted by atomic mass is 10.3. The van der Waals surface area contributed by atoms with Crippen molar-refractivity contribution in [1.29, 1.82) is 0 Å². The molecule has 0 saturated carbocycles. The Kier molecular flexibility index (Phi) is 8.56. The third kappa shape index (κ3) is 4.88. The maximum atomic E-state index is 12.0. The predicted octanol–water partition coefficient (Wildman–Crippen LogP) is 0.255. The van der Waals surface area contributed by atoms with Crippen molar-refractivity contribution in [3.05, 3.63) is 11.9 Å². The van der Waals surface area contributed by atoms with E-state index in [0.29, 0.717) is 13.1 Å². The van der Waals surface area contributed by atoms with E-state index in [-0.39, 0.29) is 35.6 Å². The van der Waals surface area contributed by atoms with Crippen LogP contribution in [0.1, 0.15) is 17.3 Å². The lowest BCUT2D eigenvalue weighted by Gasteiger charge is -2.11. The topological polar surface area (TPSA) is 85.4 Å². The number of hydrogen-bond acceptors (Lipinski definition) is 6. The minimum absolute atomic E-state index is 0. The molecule has 1 rings (SSSR count). The highest BCUT2D eigenvalue weighted by Gasteiger charge is 2.20. The van der Waals surface area contributed by atoms with Gasteiger partial charge in [0.05, 0.1) is 14.2 Å². The van der Waals surface area contributed by atoms with Crippen LogP contribution < -0.4 is 20.1 Å². The lowest BCUT2D eigenvalue weighted by molar-refractivity contribution is 0.0946. The van der Waals surface area contributed by atoms with Crippen LogP contribution in [0.15, 0.2) is 6.33 Å². The Morgan fingerprint density at radius 1 is 1.21 bits per heavy atom. The molecule has 8 heteroatoms. The van der Waals surface area contributed by atoms with Gasteiger partial charge in [0.2, 0.25) is 11.8 Å². The first-order valence-electron chi connectivity index (χ1n) is 5.66. The van der Waals surface area contributed by atoms with E-state index in [2.05, 4.69) is 20.6 Å². The van der Waals surface area contributed by atoms with Crippen LogP contribution in [-0.2, 0) is 0 Å². The second kappa shape index (κ2) is 9.35. The summed E-state index contributed by atoms with van der Waals surface area (Å²) in [6.07, 6.45) is 1.28. The molecule has 0 fully saturated rings. The number of halogens is 1. The van der Waals surface area contributed by atoms with E-state index in [1.165, 1.54) is 20.5 Å². The number of carbonyl (C=O) groups excluding carboxylic acids is 1. The van der Waals surface area contributed by atoms with Crippen LogP contribution in [0, 0.1) is 0 Å². The highest BCUT2D eigenvalue weighted by Crippen LogP contribution is 2.22. The molecule has 7 nitrogen and oxygen atoms in total. The largest absolute Gasteiger partial charge is 0.480 e. The molecule has 2 N–H and O–H groups in total. The van der Waals surface area contributed by atoms with Gasteiger partial charge >= 0.3 is 0 Å². The van der Waals surface area contributed by atoms with Gasteiger partial charge in [-0.25, -0.2) is 9.97 Å². The molecular formula is C11H19ClN4O3. The van der Waals surface area contributed by atoms with Gasteiger partial charge in [-0.15, -0.1) is 12.4 Å². The maximum absolute atomic E-state index is 12.0. The van der Waals surface area contributed by atoms with Crippen molar-refractivity contribution in [1.82, 2.24) is 20.6 Å². The van der Waals surface area contributed by atoms with Crippen molar-refractivity contribution in [2.45, 2.75) is 6.92 Å². The molecule has 0 spiro atoms. The normalized spacial score (nSPS) is 9.42. The van der Waals surface area contributed by atoms with Gasteiger partial charge in [-0.2, -0.15) is 0 Å². The smallest absolute Gasteiger partial charge is 0.262 e. The first kappa shape index (κ1) is 17.4. The van der Waals surface area contributed by atoms with Crippen LogP contribution in [0.25, 0.3) is 0 Å². The number of rotatable bonds is 7. The Balaban J connectivity index is 0.00000324. The Labute approximate surface area is 118 Å². The average Bonchev–Trinajstić information content (AvgIpc) is 2.42. The van der Waals surface area contributed by atoms with Gasteiger partial charge < -0.3 is 20.1 Å². The van der Waals surface area contributed by atoms with E-state index in [1.54, 1.807) is 0 Å². The highest BCUT2D eigenvalue weighted by molar-refractivity contribution is 5.98. The maximum Gasteiger partial charge on any atom is 0.262 e. The van der Waals surface area contributed by atoms with Crippen molar-refractivity contribution >= 4 is 18.3 Å². The quantitative estimate of drug-likeness (QED) is 0.701. The zero-order valence-corrected chi connectivity index (χ0v) is 12.0. The van der Waals surface area contributed by atoms with Gasteiger partial charge in [0.25, 0.3) is 5.91 Å². The second-order valence-electron chi connectivity index (χ2n) is 3.38. The van der Waals surface area contributed by atoms with Crippen molar-refractivity contribution in [2.24, 2.45) is 0 Å². The number of amides is 1. The third-order valence-corrected chi connectivity index (χ3v) is 2.23. The molecule has 0 aliphatic heterocycles. The molecule has 1 aromatic rings. The Hall–Kier alpha value is -1.60. The molecule has 1 heterocycles. The van der Waals surface area contributed by atoms with Crippen LogP contribution >= 0.6 is 12.4 Å². The number of aromatic nitrogens is 2. The minimum Gasteiger partial charge on any atom is -0.480 e. The summed E-state index contributed by atoms with van der Waals surface area (Å²) >= 11 is 0. The zero-order chi connectivity index (χ0) is 13.4. The van der Waals surface area contributed by atoms with Crippen LogP contribution in [0.3, 0.4) is 0 Å². The lowest BCUT2D eigenvalue weighted by Crippen LogP contribution is -2.32. The van der Waals surface area contributed by atoms with Crippen LogP contribution in [0.2, 0.25) is 0 Å². The van der Waals surface area contributed by atoms with E-state index in [4.69, 9.17) is 9.47 Å². The summed E-state index contributed by atoms with van der Waals surface area (Å²) in [7, 11) is 2.88. The summed E-state index contributed by atoms with van der Waals surface area (Å²) in [5.74, 6) is 0.0767. The molecule has 0 aromatic carbocycles. The molecule has 0 atom stereocenters. The Morgan fingerprint density at radius 3 is 2.26 bits per heavy atom. The average molecular weight is 291 g/mol. The molecule has 0 saturated heterocycles. The van der Waals surface area contributed by atoms with E-state index >= 15 is 0 Å². The monoisotopic (exact) mass is 290 g/mol. The SMILES string of the molecule is CCNCCNC(=O)c1c(OC)ncnc1OC.Cl. The van der Waals surface area contributed by atoms with Crippen molar-refractivity contribution in [3.8, 4) is 11.8 Å². The summed E-state index contributed by atoms with van der Waals surface area (Å²) < 4.78 is 10.1. The zero-order valence-electron chi connectivity index (χ0n) is 11.2. The molecule has 108 valence electrons. The summed E-state index contributed by atoms with van der Waals surface area (Å²) in [4.78, 5) is 19.8. The van der Waals surface area contributed by atoms with Gasteiger partial charge in [0, 0.05) is 13.1 Å².